The van der Waals surface area contributed by atoms with Crippen molar-refractivity contribution in [2.45, 2.75) is 13.8 Å². The van der Waals surface area contributed by atoms with Gasteiger partial charge in [0.05, 0.1) is 6.54 Å². The first-order valence-corrected chi connectivity index (χ1v) is 5.73. The van der Waals surface area contributed by atoms with Crippen LogP contribution in [0.2, 0.25) is 0 Å². The van der Waals surface area contributed by atoms with Crippen molar-refractivity contribution in [2.24, 2.45) is 5.73 Å². The number of carbonyl (C=O) groups excluding carboxylic acids is 2. The van der Waals surface area contributed by atoms with Crippen LogP contribution in [-0.4, -0.2) is 46.5 Å². The summed E-state index contributed by atoms with van der Waals surface area (Å²) in [5.74, 6) is -0.213. The molecule has 0 saturated heterocycles. The molecule has 1 aromatic heterocycles. The van der Waals surface area contributed by atoms with Crippen LogP contribution >= 0.6 is 0 Å². The molecule has 1 aromatic rings. The molecule has 98 valence electrons. The van der Waals surface area contributed by atoms with Crippen molar-refractivity contribution >= 4 is 17.6 Å². The van der Waals surface area contributed by atoms with Gasteiger partial charge < -0.3 is 16.0 Å². The molecule has 2 amide bonds. The average molecular weight is 251 g/mol. The highest BCUT2D eigenvalue weighted by Crippen LogP contribution is 2.01. The van der Waals surface area contributed by atoms with Gasteiger partial charge in [0.2, 0.25) is 5.91 Å². The summed E-state index contributed by atoms with van der Waals surface area (Å²) in [4.78, 5) is 24.2. The predicted molar refractivity (Wildman–Crippen MR) is 67.0 cm³/mol. The van der Waals surface area contributed by atoms with Crippen LogP contribution in [0.15, 0.2) is 12.1 Å². The zero-order valence-corrected chi connectivity index (χ0v) is 10.5. The Labute approximate surface area is 105 Å². The van der Waals surface area contributed by atoms with E-state index in [-0.39, 0.29) is 18.1 Å². The van der Waals surface area contributed by atoms with Gasteiger partial charge in [-0.1, -0.05) is 0 Å². The van der Waals surface area contributed by atoms with Gasteiger partial charge in [-0.25, -0.2) is 0 Å². The summed E-state index contributed by atoms with van der Waals surface area (Å²) < 4.78 is 0. The Balaban J connectivity index is 2.53. The van der Waals surface area contributed by atoms with Gasteiger partial charge in [-0.15, -0.1) is 10.2 Å². The molecule has 0 aliphatic rings. The highest BCUT2D eigenvalue weighted by atomic mass is 16.2. The number of nitrogens with zero attached hydrogens (tertiary/aromatic N) is 3. The molecule has 0 saturated carbocycles. The molecule has 0 aliphatic carbocycles. The average Bonchev–Trinajstić information content (AvgIpc) is 2.38. The maximum atomic E-state index is 11.7. The van der Waals surface area contributed by atoms with Crippen molar-refractivity contribution in [1.29, 1.82) is 0 Å². The Morgan fingerprint density at radius 3 is 2.39 bits per heavy atom. The molecule has 1 heterocycles. The normalized spacial score (nSPS) is 9.89. The van der Waals surface area contributed by atoms with Gasteiger partial charge in [0.15, 0.2) is 5.69 Å². The number of amides is 2. The fourth-order valence-electron chi connectivity index (χ4n) is 1.41. The molecule has 18 heavy (non-hydrogen) atoms. The van der Waals surface area contributed by atoms with Crippen molar-refractivity contribution in [3.63, 3.8) is 0 Å². The highest BCUT2D eigenvalue weighted by molar-refractivity contribution is 5.90. The van der Waals surface area contributed by atoms with Crippen molar-refractivity contribution in [2.75, 3.05) is 25.0 Å². The number of anilines is 1. The minimum absolute atomic E-state index is 0.0132. The summed E-state index contributed by atoms with van der Waals surface area (Å²) in [5.41, 5.74) is 5.13. The second-order valence-corrected chi connectivity index (χ2v) is 3.59. The highest BCUT2D eigenvalue weighted by Gasteiger charge is 2.09. The van der Waals surface area contributed by atoms with Crippen LogP contribution in [-0.2, 0) is 4.79 Å². The largest absolute Gasteiger partial charge is 0.364 e. The molecule has 1 rings (SSSR count). The van der Waals surface area contributed by atoms with E-state index in [1.807, 2.05) is 13.8 Å². The Kier molecular flexibility index (Phi) is 5.04. The molecule has 0 bridgehead atoms. The monoisotopic (exact) mass is 251 g/mol. The van der Waals surface area contributed by atoms with Crippen LogP contribution < -0.4 is 11.1 Å². The van der Waals surface area contributed by atoms with Crippen LogP contribution in [0.1, 0.15) is 24.3 Å². The lowest BCUT2D eigenvalue weighted by Gasteiger charge is -2.18. The molecule has 7 nitrogen and oxygen atoms in total. The van der Waals surface area contributed by atoms with E-state index in [0.29, 0.717) is 18.9 Å². The van der Waals surface area contributed by atoms with Gasteiger partial charge in [0, 0.05) is 13.1 Å². The molecule has 0 aromatic carbocycles. The predicted octanol–water partition coefficient (Wildman–Crippen LogP) is -0.144. The number of nitrogens with one attached hydrogen (secondary N) is 1. The first-order chi connectivity index (χ1) is 8.58. The molecule has 0 atom stereocenters. The van der Waals surface area contributed by atoms with E-state index >= 15 is 0 Å². The number of hydrogen-bond donors (Lipinski definition) is 2. The number of likely N-dealkylation sites (N-methyl/N-ethyl adjacent to an activating group) is 1. The summed E-state index contributed by atoms with van der Waals surface area (Å²) in [5, 5.41) is 10.2. The molecule has 0 unspecified atom stereocenters. The smallest absolute Gasteiger partial charge is 0.269 e. The topological polar surface area (TPSA) is 101 Å². The Morgan fingerprint density at radius 1 is 1.28 bits per heavy atom. The molecule has 0 spiro atoms. The van der Waals surface area contributed by atoms with Gasteiger partial charge in [-0.05, 0) is 26.0 Å². The summed E-state index contributed by atoms with van der Waals surface area (Å²) in [6.07, 6.45) is 0. The zero-order chi connectivity index (χ0) is 13.5. The maximum Gasteiger partial charge on any atom is 0.269 e. The lowest BCUT2D eigenvalue weighted by molar-refractivity contribution is -0.128. The fraction of sp³-hybridized carbons (Fsp3) is 0.455. The zero-order valence-electron chi connectivity index (χ0n) is 10.5. The van der Waals surface area contributed by atoms with Crippen molar-refractivity contribution in [3.8, 4) is 0 Å². The van der Waals surface area contributed by atoms with E-state index < -0.39 is 5.91 Å². The Hall–Kier alpha value is -2.18. The van der Waals surface area contributed by atoms with Gasteiger partial charge in [-0.2, -0.15) is 0 Å². The van der Waals surface area contributed by atoms with Crippen LogP contribution in [0, 0.1) is 0 Å². The minimum Gasteiger partial charge on any atom is -0.364 e. The second-order valence-electron chi connectivity index (χ2n) is 3.59. The van der Waals surface area contributed by atoms with Gasteiger partial charge >= 0.3 is 0 Å². The van der Waals surface area contributed by atoms with Gasteiger partial charge in [-0.3, -0.25) is 9.59 Å². The molecule has 3 N–H and O–H groups in total. The minimum atomic E-state index is -0.631. The van der Waals surface area contributed by atoms with E-state index in [1.54, 1.807) is 11.0 Å². The molecule has 0 radical (unpaired) electrons. The number of rotatable bonds is 6. The number of hydrogen-bond acceptors (Lipinski definition) is 5. The van der Waals surface area contributed by atoms with Gasteiger partial charge in [0.25, 0.3) is 5.91 Å². The summed E-state index contributed by atoms with van der Waals surface area (Å²) in [6.45, 7) is 5.32. The second kappa shape index (κ2) is 6.53. The Morgan fingerprint density at radius 2 is 1.94 bits per heavy atom. The first-order valence-electron chi connectivity index (χ1n) is 5.73. The van der Waals surface area contributed by atoms with E-state index in [4.69, 9.17) is 5.73 Å². The lowest BCUT2D eigenvalue weighted by Crippen LogP contribution is -2.35. The fourth-order valence-corrected chi connectivity index (χ4v) is 1.41. The van der Waals surface area contributed by atoms with Crippen LogP contribution in [0.5, 0.6) is 0 Å². The quantitative estimate of drug-likeness (QED) is 0.732. The lowest BCUT2D eigenvalue weighted by atomic mass is 10.3. The van der Waals surface area contributed by atoms with E-state index in [2.05, 4.69) is 15.5 Å². The summed E-state index contributed by atoms with van der Waals surface area (Å²) >= 11 is 0. The van der Waals surface area contributed by atoms with Crippen LogP contribution in [0.4, 0.5) is 5.82 Å². The van der Waals surface area contributed by atoms with E-state index in [0.717, 1.165) is 0 Å². The van der Waals surface area contributed by atoms with Crippen LogP contribution in [0.25, 0.3) is 0 Å². The third-order valence-electron chi connectivity index (χ3n) is 2.45. The standard InChI is InChI=1S/C11H17N5O2/c1-3-16(4-2)10(17)7-13-9-6-5-8(11(12)18)14-15-9/h5-6H,3-4,7H2,1-2H3,(H2,12,18)(H,13,15). The first kappa shape index (κ1) is 13.9. The number of aromatic nitrogens is 2. The molecular weight excluding hydrogens is 234 g/mol. The maximum absolute atomic E-state index is 11.7. The number of carbonyl (C=O) groups is 2. The van der Waals surface area contributed by atoms with Gasteiger partial charge in [0.1, 0.15) is 5.82 Å². The molecule has 7 heteroatoms. The number of nitrogens with two attached hydrogens (primary N) is 1. The van der Waals surface area contributed by atoms with Crippen molar-refractivity contribution < 1.29 is 9.59 Å². The van der Waals surface area contributed by atoms with E-state index in [1.165, 1.54) is 6.07 Å². The third kappa shape index (κ3) is 3.69. The van der Waals surface area contributed by atoms with Crippen molar-refractivity contribution in [1.82, 2.24) is 15.1 Å². The third-order valence-corrected chi connectivity index (χ3v) is 2.45. The van der Waals surface area contributed by atoms with E-state index in [9.17, 15) is 9.59 Å². The van der Waals surface area contributed by atoms with Crippen LogP contribution in [0.3, 0.4) is 0 Å². The van der Waals surface area contributed by atoms with Crippen molar-refractivity contribution in [3.05, 3.63) is 17.8 Å². The summed E-state index contributed by atoms with van der Waals surface area (Å²) in [6, 6.07) is 3.02. The molecule has 0 aliphatic heterocycles. The number of primary amides is 1. The molecular formula is C11H17N5O2. The Bertz CT molecular complexity index is 414. The molecule has 0 fully saturated rings. The SMILES string of the molecule is CCN(CC)C(=O)CNc1ccc(C(N)=O)nn1. The summed E-state index contributed by atoms with van der Waals surface area (Å²) in [7, 11) is 0.